The first-order chi connectivity index (χ1) is 21.1. The number of carboxylic acid groups (broad SMARTS) is 1. The van der Waals surface area contributed by atoms with Crippen LogP contribution in [0.25, 0.3) is 0 Å². The average molecular weight is 633 g/mol. The van der Waals surface area contributed by atoms with E-state index in [0.29, 0.717) is 50.5 Å². The Morgan fingerprint density at radius 2 is 1.91 bits per heavy atom. The average Bonchev–Trinajstić information content (AvgIpc) is 3.72. The minimum absolute atomic E-state index is 0.128. The number of anilines is 1. The van der Waals surface area contributed by atoms with Crippen LogP contribution >= 0.6 is 11.6 Å². The highest BCUT2D eigenvalue weighted by atomic mass is 35.5. The van der Waals surface area contributed by atoms with Gasteiger partial charge in [0, 0.05) is 25.3 Å². The Morgan fingerprint density at radius 3 is 2.55 bits per heavy atom. The fourth-order valence-electron chi connectivity index (χ4n) is 5.29. The highest BCUT2D eigenvalue weighted by molar-refractivity contribution is 6.29. The molecule has 1 amide bonds. The van der Waals surface area contributed by atoms with Gasteiger partial charge in [-0.15, -0.1) is 0 Å². The number of nitrogens with one attached hydrogen (secondary N) is 2. The Hall–Kier alpha value is -2.69. The van der Waals surface area contributed by atoms with Crippen molar-refractivity contribution in [2.75, 3.05) is 38.1 Å². The molecule has 1 atom stereocenters. The molecule has 2 aliphatic rings. The SMILES string of the molecule is CCC.CCc1cc(Cl)n(C2(C(=O)NC(CCN(CCCCc3ccc4c(n3)NCCC4)CCOC(C)C)C(=O)O)CC2)n1. The molecule has 0 aromatic carbocycles. The Bertz CT molecular complexity index is 1200. The van der Waals surface area contributed by atoms with Gasteiger partial charge in [-0.05, 0) is 95.9 Å². The van der Waals surface area contributed by atoms with Crippen molar-refractivity contribution < 1.29 is 19.4 Å². The third-order valence-corrected chi connectivity index (χ3v) is 8.20. The molecule has 1 saturated carbocycles. The Balaban J connectivity index is 0.00000169. The number of hydrogen-bond acceptors (Lipinski definition) is 7. The Morgan fingerprint density at radius 1 is 1.16 bits per heavy atom. The number of carbonyl (C=O) groups excluding carboxylic acids is 1. The van der Waals surface area contributed by atoms with Crippen LogP contribution in [0.4, 0.5) is 5.82 Å². The first-order valence-corrected chi connectivity index (χ1v) is 16.9. The normalized spacial score (nSPS) is 15.6. The number of fused-ring (bicyclic) bond motifs is 1. The topological polar surface area (TPSA) is 122 Å². The molecule has 0 bridgehead atoms. The quantitative estimate of drug-likeness (QED) is 0.196. The van der Waals surface area contributed by atoms with Crippen molar-refractivity contribution in [2.45, 2.75) is 117 Å². The molecule has 246 valence electrons. The maximum atomic E-state index is 13.3. The van der Waals surface area contributed by atoms with Crippen molar-refractivity contribution in [1.82, 2.24) is 25.0 Å². The lowest BCUT2D eigenvalue weighted by molar-refractivity contribution is -0.143. The molecule has 10 nitrogen and oxygen atoms in total. The molecule has 11 heteroatoms. The van der Waals surface area contributed by atoms with E-state index in [-0.39, 0.29) is 12.0 Å². The highest BCUT2D eigenvalue weighted by Crippen LogP contribution is 2.45. The molecule has 1 unspecified atom stereocenters. The fraction of sp³-hybridized carbons (Fsp3) is 0.697. The van der Waals surface area contributed by atoms with E-state index >= 15 is 0 Å². The number of ether oxygens (including phenoxy) is 1. The first-order valence-electron chi connectivity index (χ1n) is 16.5. The van der Waals surface area contributed by atoms with Crippen molar-refractivity contribution in [3.05, 3.63) is 40.3 Å². The summed E-state index contributed by atoms with van der Waals surface area (Å²) in [6, 6.07) is 5.08. The van der Waals surface area contributed by atoms with Crippen LogP contribution in [0.1, 0.15) is 96.5 Å². The van der Waals surface area contributed by atoms with Gasteiger partial charge < -0.3 is 25.4 Å². The lowest BCUT2D eigenvalue weighted by Crippen LogP contribution is -2.49. The first kappa shape index (κ1) is 35.8. The highest BCUT2D eigenvalue weighted by Gasteiger charge is 2.54. The number of aliphatic carboxylic acids is 1. The smallest absolute Gasteiger partial charge is 0.326 e. The monoisotopic (exact) mass is 632 g/mol. The van der Waals surface area contributed by atoms with Gasteiger partial charge in [-0.2, -0.15) is 5.10 Å². The van der Waals surface area contributed by atoms with Gasteiger partial charge in [0.25, 0.3) is 0 Å². The molecule has 3 heterocycles. The standard InChI is InChI=1S/C30H45ClN6O4.C3H8/c1-4-23-20-26(31)37(35-23)30(13-14-30)29(40)34-25(28(38)39)12-17-36(18-19-41-21(2)3)16-6-5-9-24-11-10-22-8-7-15-32-27(22)33-24;1-3-2/h10-11,20-21,25H,4-9,12-19H2,1-3H3,(H,32,33)(H,34,40)(H,38,39);3H2,1-2H3. The van der Waals surface area contributed by atoms with Gasteiger partial charge in [-0.25, -0.2) is 14.5 Å². The summed E-state index contributed by atoms with van der Waals surface area (Å²) in [6.07, 6.45) is 8.63. The molecule has 2 aromatic heterocycles. The number of rotatable bonds is 17. The molecule has 4 rings (SSSR count). The van der Waals surface area contributed by atoms with E-state index in [1.165, 1.54) is 12.0 Å². The second-order valence-corrected chi connectivity index (χ2v) is 12.6. The van der Waals surface area contributed by atoms with E-state index in [1.807, 2.05) is 20.8 Å². The van der Waals surface area contributed by atoms with Crippen LogP contribution in [0.5, 0.6) is 0 Å². The number of carboxylic acids is 1. The zero-order chi connectivity index (χ0) is 32.1. The van der Waals surface area contributed by atoms with Crippen molar-refractivity contribution >= 4 is 29.3 Å². The van der Waals surface area contributed by atoms with Crippen LogP contribution in [0, 0.1) is 0 Å². The number of pyridine rings is 1. The third kappa shape index (κ3) is 10.4. The van der Waals surface area contributed by atoms with E-state index in [0.717, 1.165) is 62.4 Å². The van der Waals surface area contributed by atoms with Crippen LogP contribution in [0.3, 0.4) is 0 Å². The minimum atomic E-state index is -1.04. The number of amides is 1. The van der Waals surface area contributed by atoms with Gasteiger partial charge in [0.2, 0.25) is 5.91 Å². The van der Waals surface area contributed by atoms with Crippen LogP contribution in [0.15, 0.2) is 18.2 Å². The predicted octanol–water partition coefficient (Wildman–Crippen LogP) is 5.47. The zero-order valence-corrected chi connectivity index (χ0v) is 28.1. The molecule has 0 radical (unpaired) electrons. The summed E-state index contributed by atoms with van der Waals surface area (Å²) in [7, 11) is 0. The summed E-state index contributed by atoms with van der Waals surface area (Å²) in [5, 5.41) is 21.0. The van der Waals surface area contributed by atoms with E-state index in [1.54, 1.807) is 10.7 Å². The van der Waals surface area contributed by atoms with Gasteiger partial charge >= 0.3 is 5.97 Å². The van der Waals surface area contributed by atoms with Gasteiger partial charge in [0.15, 0.2) is 0 Å². The van der Waals surface area contributed by atoms with Gasteiger partial charge in [-0.1, -0.05) is 44.9 Å². The van der Waals surface area contributed by atoms with Crippen LogP contribution in [-0.2, 0) is 39.1 Å². The summed E-state index contributed by atoms with van der Waals surface area (Å²) >= 11 is 6.37. The van der Waals surface area contributed by atoms with E-state index in [9.17, 15) is 14.7 Å². The molecule has 3 N–H and O–H groups in total. The van der Waals surface area contributed by atoms with Crippen molar-refractivity contribution in [3.63, 3.8) is 0 Å². The number of hydrogen-bond donors (Lipinski definition) is 3. The molecular formula is C33H53ClN6O4. The van der Waals surface area contributed by atoms with E-state index in [4.69, 9.17) is 21.3 Å². The van der Waals surface area contributed by atoms with Gasteiger partial charge in [-0.3, -0.25) is 4.79 Å². The third-order valence-electron chi connectivity index (χ3n) is 7.94. The Kier molecular flexibility index (Phi) is 14.4. The predicted molar refractivity (Wildman–Crippen MR) is 175 cm³/mol. The molecule has 1 aliphatic carbocycles. The molecule has 1 fully saturated rings. The molecule has 1 aliphatic heterocycles. The van der Waals surface area contributed by atoms with Crippen molar-refractivity contribution in [1.29, 1.82) is 0 Å². The summed E-state index contributed by atoms with van der Waals surface area (Å²) in [5.41, 5.74) is 2.30. The second-order valence-electron chi connectivity index (χ2n) is 12.2. The second kappa shape index (κ2) is 17.7. The zero-order valence-electron chi connectivity index (χ0n) is 27.3. The lowest BCUT2D eigenvalue weighted by atomic mass is 10.1. The summed E-state index contributed by atoms with van der Waals surface area (Å²) < 4.78 is 7.34. The largest absolute Gasteiger partial charge is 0.480 e. The van der Waals surface area contributed by atoms with E-state index < -0.39 is 17.6 Å². The van der Waals surface area contributed by atoms with Gasteiger partial charge in [0.05, 0.1) is 18.4 Å². The van der Waals surface area contributed by atoms with Gasteiger partial charge in [0.1, 0.15) is 22.6 Å². The summed E-state index contributed by atoms with van der Waals surface area (Å²) in [5.74, 6) is -0.351. The number of aryl methyl sites for hydroxylation is 3. The minimum Gasteiger partial charge on any atom is -0.480 e. The number of carbonyl (C=O) groups is 2. The number of aromatic nitrogens is 3. The summed E-state index contributed by atoms with van der Waals surface area (Å²) in [6.45, 7) is 13.8. The maximum Gasteiger partial charge on any atom is 0.326 e. The molecular weight excluding hydrogens is 580 g/mol. The van der Waals surface area contributed by atoms with Crippen molar-refractivity contribution in [2.24, 2.45) is 0 Å². The lowest BCUT2D eigenvalue weighted by Gasteiger charge is -2.26. The number of halogens is 1. The van der Waals surface area contributed by atoms with Crippen LogP contribution < -0.4 is 10.6 Å². The molecule has 0 saturated heterocycles. The Labute approximate surface area is 268 Å². The molecule has 0 spiro atoms. The van der Waals surface area contributed by atoms with E-state index in [2.05, 4.69) is 46.6 Å². The van der Waals surface area contributed by atoms with Crippen LogP contribution in [-0.4, -0.2) is 81.6 Å². The summed E-state index contributed by atoms with van der Waals surface area (Å²) in [4.78, 5) is 32.5. The molecule has 2 aromatic rings. The number of nitrogens with zero attached hydrogens (tertiary/aromatic N) is 4. The fourth-order valence-corrected chi connectivity index (χ4v) is 5.62. The molecule has 44 heavy (non-hydrogen) atoms. The maximum absolute atomic E-state index is 13.3. The van der Waals surface area contributed by atoms with Crippen molar-refractivity contribution in [3.8, 4) is 0 Å². The van der Waals surface area contributed by atoms with Crippen LogP contribution in [0.2, 0.25) is 5.15 Å². The number of unbranched alkanes of at least 4 members (excludes halogenated alkanes) is 1.